The lowest BCUT2D eigenvalue weighted by Gasteiger charge is -2.29. The Bertz CT molecular complexity index is 747. The molecular weight excluding hydrogens is 304 g/mol. The summed E-state index contributed by atoms with van der Waals surface area (Å²) in [4.78, 5) is 14.1. The van der Waals surface area contributed by atoms with Crippen LogP contribution in [0.25, 0.3) is 10.8 Å². The van der Waals surface area contributed by atoms with Crippen LogP contribution >= 0.6 is 0 Å². The van der Waals surface area contributed by atoms with Crippen LogP contribution in [-0.2, 0) is 12.8 Å². The van der Waals surface area contributed by atoms with E-state index in [0.717, 1.165) is 23.9 Å². The molecule has 24 heavy (non-hydrogen) atoms. The number of anilines is 1. The number of hydrogen-bond donors (Lipinski definition) is 3. The maximum absolute atomic E-state index is 12.7. The summed E-state index contributed by atoms with van der Waals surface area (Å²) in [5.74, 6) is 0. The number of aryl methyl sites for hydroxylation is 2. The van der Waals surface area contributed by atoms with Crippen LogP contribution < -0.4 is 5.32 Å². The molecule has 0 aliphatic heterocycles. The smallest absolute Gasteiger partial charge is 0.322 e. The minimum atomic E-state index is -0.655. The topological polar surface area (TPSA) is 72.8 Å². The minimum absolute atomic E-state index is 0.149. The highest BCUT2D eigenvalue weighted by molar-refractivity contribution is 6.04. The Kier molecular flexibility index (Phi) is 4.73. The van der Waals surface area contributed by atoms with Crippen LogP contribution in [0.2, 0.25) is 0 Å². The van der Waals surface area contributed by atoms with E-state index in [4.69, 9.17) is 0 Å². The van der Waals surface area contributed by atoms with E-state index in [0.29, 0.717) is 0 Å². The van der Waals surface area contributed by atoms with Crippen molar-refractivity contribution >= 4 is 22.5 Å². The number of urea groups is 1. The van der Waals surface area contributed by atoms with Gasteiger partial charge in [-0.05, 0) is 49.3 Å². The van der Waals surface area contributed by atoms with Crippen LogP contribution in [0.3, 0.4) is 0 Å². The van der Waals surface area contributed by atoms with Crippen LogP contribution in [0.5, 0.6) is 0 Å². The fourth-order valence-electron chi connectivity index (χ4n) is 3.39. The summed E-state index contributed by atoms with van der Waals surface area (Å²) in [6.07, 6.45) is 1.43. The summed E-state index contributed by atoms with van der Waals surface area (Å²) in [5, 5.41) is 24.3. The maximum atomic E-state index is 12.7. The zero-order valence-corrected chi connectivity index (χ0v) is 14.1. The predicted octanol–water partition coefficient (Wildman–Crippen LogP) is 2.53. The van der Waals surface area contributed by atoms with Crippen molar-refractivity contribution in [2.75, 3.05) is 18.5 Å². The van der Waals surface area contributed by atoms with Crippen molar-refractivity contribution in [2.24, 2.45) is 0 Å². The molecule has 2 aromatic carbocycles. The molecule has 0 heterocycles. The van der Waals surface area contributed by atoms with Gasteiger partial charge in [0.25, 0.3) is 0 Å². The third-order valence-corrected chi connectivity index (χ3v) is 4.64. The number of aliphatic hydroxyl groups is 2. The van der Waals surface area contributed by atoms with E-state index in [9.17, 15) is 15.0 Å². The van der Waals surface area contributed by atoms with Crippen molar-refractivity contribution in [3.8, 4) is 0 Å². The largest absolute Gasteiger partial charge is 0.394 e. The van der Waals surface area contributed by atoms with Gasteiger partial charge < -0.3 is 20.4 Å². The lowest BCUT2D eigenvalue weighted by atomic mass is 10.0. The van der Waals surface area contributed by atoms with Crippen molar-refractivity contribution < 1.29 is 15.0 Å². The maximum Gasteiger partial charge on any atom is 0.322 e. The monoisotopic (exact) mass is 328 g/mol. The minimum Gasteiger partial charge on any atom is -0.394 e. The van der Waals surface area contributed by atoms with E-state index >= 15 is 0 Å². The summed E-state index contributed by atoms with van der Waals surface area (Å²) in [6.45, 7) is 3.41. The van der Waals surface area contributed by atoms with Crippen LogP contribution in [-0.4, -0.2) is 46.4 Å². The van der Waals surface area contributed by atoms with Gasteiger partial charge in [0.2, 0.25) is 0 Å². The number of nitrogens with zero attached hydrogens (tertiary/aromatic N) is 1. The number of carbonyl (C=O) groups is 1. The van der Waals surface area contributed by atoms with Crippen molar-refractivity contribution in [3.05, 3.63) is 41.5 Å². The number of rotatable bonds is 5. The molecule has 3 rings (SSSR count). The third kappa shape index (κ3) is 3.09. The summed E-state index contributed by atoms with van der Waals surface area (Å²) in [6, 6.07) is 9.52. The molecule has 0 unspecified atom stereocenters. The summed E-state index contributed by atoms with van der Waals surface area (Å²) in [7, 11) is 0. The van der Waals surface area contributed by atoms with Crippen LogP contribution in [0.1, 0.15) is 25.0 Å². The van der Waals surface area contributed by atoms with E-state index < -0.39 is 6.10 Å². The molecule has 0 saturated heterocycles. The molecule has 128 valence electrons. The standard InChI is InChI=1S/C19H24N2O3/c1-12(11-22)21(10-13(2)23)19(24)20-17-9-8-15-7-6-14-4-3-5-16(17)18(14)15/h3-5,8-9,12-13,22-23H,6-7,10-11H2,1-2H3,(H,20,24)/t12-,13-/m0/s1. The van der Waals surface area contributed by atoms with Crippen LogP contribution in [0.15, 0.2) is 30.3 Å². The van der Waals surface area contributed by atoms with Crippen molar-refractivity contribution in [1.82, 2.24) is 4.90 Å². The van der Waals surface area contributed by atoms with Gasteiger partial charge in [-0.3, -0.25) is 0 Å². The van der Waals surface area contributed by atoms with E-state index in [2.05, 4.69) is 17.4 Å². The number of nitrogens with one attached hydrogen (secondary N) is 1. The van der Waals surface area contributed by atoms with Crippen LogP contribution in [0, 0.1) is 0 Å². The number of carbonyl (C=O) groups excluding carboxylic acids is 1. The van der Waals surface area contributed by atoms with Gasteiger partial charge in [-0.2, -0.15) is 0 Å². The van der Waals surface area contributed by atoms with Gasteiger partial charge in [-0.15, -0.1) is 0 Å². The average Bonchev–Trinajstić information content (AvgIpc) is 2.99. The third-order valence-electron chi connectivity index (χ3n) is 4.64. The van der Waals surface area contributed by atoms with E-state index in [1.165, 1.54) is 21.4 Å². The predicted molar refractivity (Wildman–Crippen MR) is 95.3 cm³/mol. The zero-order chi connectivity index (χ0) is 17.3. The van der Waals surface area contributed by atoms with Gasteiger partial charge in [0.15, 0.2) is 0 Å². The van der Waals surface area contributed by atoms with E-state index in [1.54, 1.807) is 13.8 Å². The van der Waals surface area contributed by atoms with Crippen LogP contribution in [0.4, 0.5) is 10.5 Å². The van der Waals surface area contributed by atoms with Gasteiger partial charge >= 0.3 is 6.03 Å². The SMILES string of the molecule is C[C@H](O)CN(C(=O)Nc1ccc2c3c(cccc13)CC2)[C@@H](C)CO. The molecule has 3 N–H and O–H groups in total. The zero-order valence-electron chi connectivity index (χ0n) is 14.1. The first-order chi connectivity index (χ1) is 11.5. The van der Waals surface area contributed by atoms with Gasteiger partial charge in [-0.25, -0.2) is 4.79 Å². The fourth-order valence-corrected chi connectivity index (χ4v) is 3.39. The Morgan fingerprint density at radius 1 is 1.21 bits per heavy atom. The first-order valence-corrected chi connectivity index (χ1v) is 8.41. The summed E-state index contributed by atoms with van der Waals surface area (Å²) < 4.78 is 0. The number of aliphatic hydroxyl groups excluding tert-OH is 2. The Morgan fingerprint density at radius 2 is 1.92 bits per heavy atom. The molecule has 1 aliphatic rings. The second-order valence-corrected chi connectivity index (χ2v) is 6.58. The highest BCUT2D eigenvalue weighted by Gasteiger charge is 2.23. The molecule has 0 spiro atoms. The number of benzene rings is 2. The van der Waals surface area contributed by atoms with Crippen molar-refractivity contribution in [3.63, 3.8) is 0 Å². The second-order valence-electron chi connectivity index (χ2n) is 6.58. The molecule has 0 radical (unpaired) electrons. The Morgan fingerprint density at radius 3 is 2.58 bits per heavy atom. The Hall–Kier alpha value is -2.11. The molecule has 2 amide bonds. The first kappa shape index (κ1) is 16.7. The summed E-state index contributed by atoms with van der Waals surface area (Å²) >= 11 is 0. The molecule has 0 aromatic heterocycles. The fraction of sp³-hybridized carbons (Fsp3) is 0.421. The lowest BCUT2D eigenvalue weighted by molar-refractivity contribution is 0.0995. The van der Waals surface area contributed by atoms with Crippen molar-refractivity contribution in [2.45, 2.75) is 38.8 Å². The quantitative estimate of drug-likeness (QED) is 0.790. The van der Waals surface area contributed by atoms with Gasteiger partial charge in [0.05, 0.1) is 24.4 Å². The molecule has 2 aromatic rings. The Labute approximate surface area is 141 Å². The van der Waals surface area contributed by atoms with E-state index in [-0.39, 0.29) is 25.2 Å². The second kappa shape index (κ2) is 6.79. The molecule has 0 bridgehead atoms. The molecule has 1 aliphatic carbocycles. The lowest BCUT2D eigenvalue weighted by Crippen LogP contribution is -2.46. The van der Waals surface area contributed by atoms with Gasteiger partial charge in [-0.1, -0.05) is 24.3 Å². The molecular formula is C19H24N2O3. The van der Waals surface area contributed by atoms with Gasteiger partial charge in [0.1, 0.15) is 0 Å². The molecule has 5 nitrogen and oxygen atoms in total. The molecule has 5 heteroatoms. The average molecular weight is 328 g/mol. The van der Waals surface area contributed by atoms with Crippen molar-refractivity contribution in [1.29, 1.82) is 0 Å². The molecule has 0 saturated carbocycles. The number of amides is 2. The highest BCUT2D eigenvalue weighted by atomic mass is 16.3. The van der Waals surface area contributed by atoms with E-state index in [1.807, 2.05) is 18.2 Å². The Balaban J connectivity index is 1.90. The molecule has 0 fully saturated rings. The summed E-state index contributed by atoms with van der Waals surface area (Å²) in [5.41, 5.74) is 3.41. The highest BCUT2D eigenvalue weighted by Crippen LogP contribution is 2.35. The van der Waals surface area contributed by atoms with Gasteiger partial charge in [0, 0.05) is 11.9 Å². The normalized spacial score (nSPS) is 15.3. The first-order valence-electron chi connectivity index (χ1n) is 8.41. The molecule has 2 atom stereocenters. The number of hydrogen-bond acceptors (Lipinski definition) is 3.